The topological polar surface area (TPSA) is 157 Å². The van der Waals surface area contributed by atoms with Gasteiger partial charge in [-0.05, 0) is 12.8 Å². The number of halogens is 14. The van der Waals surface area contributed by atoms with Crippen molar-refractivity contribution in [2.75, 3.05) is 23.9 Å². The Bertz CT molecular complexity index is 814. The third kappa shape index (κ3) is 60.2. The Balaban J connectivity index is -0.0000000554. The van der Waals surface area contributed by atoms with Gasteiger partial charge in [-0.2, -0.15) is 53.2 Å². The predicted octanol–water partition coefficient (Wildman–Crippen LogP) is -0.963. The molecule has 0 N–H and O–H groups in total. The van der Waals surface area contributed by atoms with Gasteiger partial charge in [-0.15, -0.1) is 13.2 Å². The molecule has 0 heterocycles. The maximum atomic E-state index is 11.5. The molecule has 0 amide bonds. The molecule has 0 aliphatic heterocycles. The minimum Gasteiger partial charge on any atom is -0.771 e. The second kappa shape index (κ2) is 30.6. The van der Waals surface area contributed by atoms with E-state index < -0.39 is 50.6 Å². The van der Waals surface area contributed by atoms with Gasteiger partial charge in [0.2, 0.25) is 0 Å². The summed E-state index contributed by atoms with van der Waals surface area (Å²) in [5, 5.41) is 16.3. The summed E-state index contributed by atoms with van der Waals surface area (Å²) in [5.74, 6) is 0. The molecule has 0 rings (SSSR count). The molecule has 0 aromatic rings. The van der Waals surface area contributed by atoms with Gasteiger partial charge in [0.1, 0.15) is 0 Å². The summed E-state index contributed by atoms with van der Waals surface area (Å²) in [6.45, 7) is 0.696. The zero-order valence-electron chi connectivity index (χ0n) is 19.6. The zero-order chi connectivity index (χ0) is 31.4. The molecule has 0 aromatic heterocycles. The smallest absolute Gasteiger partial charge is 0.771 e. The van der Waals surface area contributed by atoms with Gasteiger partial charge in [-0.25, -0.2) is 8.42 Å². The molecule has 0 spiro atoms. The zero-order valence-corrected chi connectivity index (χ0v) is 34.2. The van der Waals surface area contributed by atoms with Crippen LogP contribution in [0.2, 0.25) is 0 Å². The summed E-state index contributed by atoms with van der Waals surface area (Å²) in [6, 6.07) is 1.75. The largest absolute Gasteiger partial charge is 1.00 e. The summed E-state index contributed by atoms with van der Waals surface area (Å²) in [4.78, 5) is 0. The number of nitriles is 1. The van der Waals surface area contributed by atoms with E-state index in [9.17, 15) is 61.1 Å². The van der Waals surface area contributed by atoms with Gasteiger partial charge in [0.25, 0.3) is 0 Å². The van der Waals surface area contributed by atoms with Gasteiger partial charge in [-0.3, -0.25) is 8.92 Å². The van der Waals surface area contributed by atoms with Crippen LogP contribution in [0, 0.1) is 11.3 Å². The van der Waals surface area contributed by atoms with Crippen LogP contribution in [0.1, 0.15) is 27.2 Å². The van der Waals surface area contributed by atoms with E-state index in [1.54, 1.807) is 6.07 Å². The van der Waals surface area contributed by atoms with Gasteiger partial charge in [0.15, 0.2) is 10.1 Å². The van der Waals surface area contributed by atoms with Crippen LogP contribution in [0.4, 0.5) is 52.7 Å². The van der Waals surface area contributed by atoms with Crippen LogP contribution in [0.15, 0.2) is 0 Å². The third-order valence-electron chi connectivity index (χ3n) is 1.63. The SMILES string of the molecule is C.CC#N.FC(F)(F)OCCCBr.O=S(=O)(OCCCBr)C(F)(F)F.O=S(=O)([O-])C(F)(F)F.[O-]C(F)(F)F.[Rb+].[Rb+]. The van der Waals surface area contributed by atoms with E-state index >= 15 is 0 Å². The summed E-state index contributed by atoms with van der Waals surface area (Å²) in [6.07, 6.45) is -9.14. The summed E-state index contributed by atoms with van der Waals surface area (Å²) in [5.41, 5.74) is -11.0. The molecule has 236 valence electrons. The van der Waals surface area contributed by atoms with E-state index in [1.165, 1.54) is 6.92 Å². The Morgan fingerprint density at radius 2 is 1.02 bits per heavy atom. The Hall–Kier alpha value is 2.96. The fourth-order valence-electron chi connectivity index (χ4n) is 0.532. The normalized spacial score (nSPS) is 11.2. The third-order valence-corrected chi connectivity index (χ3v) is 4.36. The average Bonchev–Trinajstić information content (AvgIpc) is 2.59. The van der Waals surface area contributed by atoms with Crippen molar-refractivity contribution in [1.29, 1.82) is 5.26 Å². The first-order valence-electron chi connectivity index (χ1n) is 7.92. The Morgan fingerprint density at radius 3 is 1.20 bits per heavy atom. The molecule has 40 heavy (non-hydrogen) atoms. The first kappa shape index (κ1) is 61.9. The summed E-state index contributed by atoms with van der Waals surface area (Å²) in [7, 11) is -11.5. The molecule has 0 bridgehead atoms. The van der Waals surface area contributed by atoms with Crippen LogP contribution in [-0.4, -0.2) is 69.0 Å². The molecule has 0 saturated heterocycles. The van der Waals surface area contributed by atoms with E-state index in [4.69, 9.17) is 23.3 Å². The van der Waals surface area contributed by atoms with Gasteiger partial charge >= 0.3 is 150 Å². The number of ether oxygens (including phenoxy) is 1. The predicted molar refractivity (Wildman–Crippen MR) is 110 cm³/mol. The molecule has 0 aliphatic carbocycles. The Kier molecular flexibility index (Phi) is 47.4. The minimum atomic E-state index is -6.09. The molecular formula is C13H19Br2F12NO8Rb2S2. The molecular weight excluding hydrogens is 921 g/mol. The van der Waals surface area contributed by atoms with E-state index in [2.05, 4.69) is 40.8 Å². The minimum absolute atomic E-state index is 0. The van der Waals surface area contributed by atoms with Crippen LogP contribution in [0.5, 0.6) is 0 Å². The van der Waals surface area contributed by atoms with Crippen molar-refractivity contribution in [2.24, 2.45) is 0 Å². The van der Waals surface area contributed by atoms with Crippen molar-refractivity contribution in [3.63, 3.8) is 0 Å². The number of rotatable bonds is 7. The quantitative estimate of drug-likeness (QED) is 0.0784. The first-order chi connectivity index (χ1) is 16.0. The second-order valence-electron chi connectivity index (χ2n) is 4.67. The molecule has 27 heteroatoms. The van der Waals surface area contributed by atoms with Gasteiger partial charge in [0, 0.05) is 17.6 Å². The van der Waals surface area contributed by atoms with Gasteiger partial charge in [0.05, 0.1) is 19.3 Å². The van der Waals surface area contributed by atoms with Crippen LogP contribution in [0.3, 0.4) is 0 Å². The van der Waals surface area contributed by atoms with Crippen LogP contribution in [-0.2, 0) is 29.2 Å². The molecule has 0 radical (unpaired) electrons. The van der Waals surface area contributed by atoms with E-state index in [0.717, 1.165) is 0 Å². The fraction of sp³-hybridized carbons (Fsp3) is 0.923. The maximum absolute atomic E-state index is 11.5. The van der Waals surface area contributed by atoms with E-state index in [0.29, 0.717) is 17.1 Å². The number of hydrogen-bond acceptors (Lipinski definition) is 9. The second-order valence-corrected chi connectivity index (χ2v) is 9.23. The molecule has 0 saturated carbocycles. The van der Waals surface area contributed by atoms with Gasteiger partial charge < -0.3 is 9.66 Å². The van der Waals surface area contributed by atoms with Crippen molar-refractivity contribution in [1.82, 2.24) is 0 Å². The first-order valence-corrected chi connectivity index (χ1v) is 13.0. The molecule has 0 atom stereocenters. The molecule has 9 nitrogen and oxygen atoms in total. The van der Waals surface area contributed by atoms with Crippen molar-refractivity contribution in [3.8, 4) is 6.07 Å². The van der Waals surface area contributed by atoms with Crippen molar-refractivity contribution in [3.05, 3.63) is 0 Å². The summed E-state index contributed by atoms with van der Waals surface area (Å²) >= 11 is 5.88. The summed E-state index contributed by atoms with van der Waals surface area (Å²) < 4.78 is 184. The molecule has 0 aromatic carbocycles. The van der Waals surface area contributed by atoms with Crippen LogP contribution >= 0.6 is 31.9 Å². The maximum Gasteiger partial charge on any atom is 1.00 e. The molecule has 0 fully saturated rings. The standard InChI is InChI=1S/C4H6BrF3O3S.C4H6BrF3O.C2H3N.CHF3O3S.CF3O.CH4.2Rb/c5-2-1-3-11-12(9,10)4(6,7)8;5-2-1-3-9-4(6,7)8;1-2-3;2-1(3,4)8(5,6)7;2-1(3,4)5;;;/h1-3H2;1-3H2;1H3;(H,5,6,7);;1H4;;/q;;;;-1;;2*+1/p-1. The van der Waals surface area contributed by atoms with E-state index in [1.807, 2.05) is 0 Å². The van der Waals surface area contributed by atoms with E-state index in [-0.39, 0.29) is 137 Å². The molecule has 0 unspecified atom stereocenters. The molecule has 0 aliphatic rings. The van der Waals surface area contributed by atoms with Crippen LogP contribution < -0.4 is 121 Å². The van der Waals surface area contributed by atoms with Crippen LogP contribution in [0.25, 0.3) is 0 Å². The number of nitrogens with zero attached hydrogens (tertiary/aromatic N) is 1. The fourth-order valence-corrected chi connectivity index (χ4v) is 1.46. The van der Waals surface area contributed by atoms with Crippen molar-refractivity contribution in [2.45, 2.75) is 50.9 Å². The number of hydrogen-bond donors (Lipinski definition) is 0. The monoisotopic (exact) mass is 937 g/mol. The number of alkyl halides is 14. The van der Waals surface area contributed by atoms with Crippen molar-refractivity contribution < 1.29 is 204 Å². The Labute approximate surface area is 336 Å². The van der Waals surface area contributed by atoms with Gasteiger partial charge in [-0.1, -0.05) is 39.3 Å². The van der Waals surface area contributed by atoms with Crippen molar-refractivity contribution >= 4 is 52.1 Å². The Morgan fingerprint density at radius 1 is 0.775 bits per heavy atom. The average molecular weight is 940 g/mol.